The van der Waals surface area contributed by atoms with Gasteiger partial charge in [-0.15, -0.1) is 11.6 Å². The van der Waals surface area contributed by atoms with Crippen molar-refractivity contribution in [1.82, 2.24) is 9.97 Å². The molecule has 0 fully saturated rings. The number of aryl methyl sites for hydroxylation is 1. The van der Waals surface area contributed by atoms with E-state index in [9.17, 15) is 0 Å². The first kappa shape index (κ1) is 13.4. The smallest absolute Gasteiger partial charge is 0.137 e. The van der Waals surface area contributed by atoms with Crippen molar-refractivity contribution in [3.8, 4) is 0 Å². The zero-order valence-corrected chi connectivity index (χ0v) is 12.2. The average molecular weight is 288 g/mol. The molecule has 20 heavy (non-hydrogen) atoms. The molecule has 1 heterocycles. The Morgan fingerprint density at radius 1 is 1.10 bits per heavy atom. The van der Waals surface area contributed by atoms with Crippen LogP contribution in [0.1, 0.15) is 36.1 Å². The van der Waals surface area contributed by atoms with Crippen LogP contribution in [0.5, 0.6) is 0 Å². The Balaban J connectivity index is 1.90. The minimum absolute atomic E-state index is 0.525. The number of rotatable bonds is 3. The maximum Gasteiger partial charge on any atom is 0.137 e. The van der Waals surface area contributed by atoms with E-state index in [0.717, 1.165) is 29.9 Å². The first-order valence-electron chi connectivity index (χ1n) is 7.11. The molecule has 1 aromatic carbocycles. The third-order valence-electron chi connectivity index (χ3n) is 3.72. The summed E-state index contributed by atoms with van der Waals surface area (Å²) in [5.74, 6) is 1.47. The Morgan fingerprint density at radius 2 is 2.00 bits per heavy atom. The lowest BCUT2D eigenvalue weighted by atomic mass is 10.1. The van der Waals surface area contributed by atoms with E-state index in [2.05, 4.69) is 21.4 Å². The van der Waals surface area contributed by atoms with Crippen LogP contribution in [0.2, 0.25) is 0 Å². The summed E-state index contributed by atoms with van der Waals surface area (Å²) in [7, 11) is 0. The number of anilines is 2. The molecule has 0 amide bonds. The average Bonchev–Trinajstić information content (AvgIpc) is 2.73. The molecule has 3 rings (SSSR count). The van der Waals surface area contributed by atoms with Gasteiger partial charge in [-0.3, -0.25) is 0 Å². The molecular weight excluding hydrogens is 270 g/mol. The Hall–Kier alpha value is -1.61. The molecule has 1 aliphatic carbocycles. The second-order valence-corrected chi connectivity index (χ2v) is 5.43. The van der Waals surface area contributed by atoms with E-state index < -0.39 is 0 Å². The number of alkyl halides is 1. The van der Waals surface area contributed by atoms with Crippen LogP contribution in [0.25, 0.3) is 0 Å². The highest BCUT2D eigenvalue weighted by atomic mass is 35.5. The molecule has 4 heteroatoms. The van der Waals surface area contributed by atoms with Crippen LogP contribution in [0, 0.1) is 0 Å². The normalized spacial score (nSPS) is 14.4. The van der Waals surface area contributed by atoms with Gasteiger partial charge in [0.15, 0.2) is 0 Å². The number of hydrogen-bond donors (Lipinski definition) is 1. The van der Waals surface area contributed by atoms with Crippen molar-refractivity contribution in [1.29, 1.82) is 0 Å². The van der Waals surface area contributed by atoms with E-state index >= 15 is 0 Å². The molecule has 3 nitrogen and oxygen atoms in total. The van der Waals surface area contributed by atoms with Gasteiger partial charge in [0.2, 0.25) is 0 Å². The van der Waals surface area contributed by atoms with E-state index in [1.807, 2.05) is 18.2 Å². The number of halogens is 1. The molecule has 1 N–H and O–H groups in total. The molecule has 2 aromatic rings. The number of aromatic nitrogens is 2. The monoisotopic (exact) mass is 287 g/mol. The molecule has 104 valence electrons. The number of hydrogen-bond acceptors (Lipinski definition) is 3. The molecule has 0 saturated carbocycles. The number of fused-ring (bicyclic) bond motifs is 1. The van der Waals surface area contributed by atoms with Crippen LogP contribution in [0.4, 0.5) is 11.5 Å². The van der Waals surface area contributed by atoms with Gasteiger partial charge in [-0.1, -0.05) is 18.6 Å². The van der Waals surface area contributed by atoms with E-state index in [1.54, 1.807) is 6.33 Å². The topological polar surface area (TPSA) is 37.8 Å². The summed E-state index contributed by atoms with van der Waals surface area (Å²) in [6.45, 7) is 0. The first-order chi connectivity index (χ1) is 9.86. The largest absolute Gasteiger partial charge is 0.340 e. The zero-order valence-electron chi connectivity index (χ0n) is 11.4. The molecule has 0 radical (unpaired) electrons. The lowest BCUT2D eigenvalue weighted by Gasteiger charge is -2.12. The third kappa shape index (κ3) is 2.93. The fourth-order valence-corrected chi connectivity index (χ4v) is 2.84. The summed E-state index contributed by atoms with van der Waals surface area (Å²) in [5.41, 5.74) is 4.62. The molecular formula is C16H18ClN3. The van der Waals surface area contributed by atoms with Gasteiger partial charge in [0.25, 0.3) is 0 Å². The summed E-state index contributed by atoms with van der Waals surface area (Å²) < 4.78 is 0. The predicted molar refractivity (Wildman–Crippen MR) is 82.6 cm³/mol. The van der Waals surface area contributed by atoms with Crippen LogP contribution in [-0.2, 0) is 18.7 Å². The van der Waals surface area contributed by atoms with Gasteiger partial charge in [-0.25, -0.2) is 9.97 Å². The lowest BCUT2D eigenvalue weighted by Crippen LogP contribution is -2.04. The quantitative estimate of drug-likeness (QED) is 0.678. The number of nitrogens with one attached hydrogen (secondary N) is 1. The fourth-order valence-electron chi connectivity index (χ4n) is 2.67. The van der Waals surface area contributed by atoms with E-state index in [1.165, 1.54) is 30.5 Å². The van der Waals surface area contributed by atoms with E-state index in [0.29, 0.717) is 5.88 Å². The summed E-state index contributed by atoms with van der Waals surface area (Å²) >= 11 is 5.89. The maximum atomic E-state index is 5.89. The molecule has 0 saturated heterocycles. The highest BCUT2D eigenvalue weighted by Crippen LogP contribution is 2.26. The Morgan fingerprint density at radius 3 is 2.90 bits per heavy atom. The van der Waals surface area contributed by atoms with Crippen molar-refractivity contribution >= 4 is 23.1 Å². The SMILES string of the molecule is ClCc1cccc(Nc2ncnc3c2CCCCC3)c1. The van der Waals surface area contributed by atoms with Crippen LogP contribution in [0.15, 0.2) is 30.6 Å². The summed E-state index contributed by atoms with van der Waals surface area (Å²) in [6.07, 6.45) is 7.51. The van der Waals surface area contributed by atoms with E-state index in [4.69, 9.17) is 11.6 Å². The minimum atomic E-state index is 0.525. The van der Waals surface area contributed by atoms with Gasteiger partial charge in [-0.05, 0) is 43.4 Å². The lowest BCUT2D eigenvalue weighted by molar-refractivity contribution is 0.709. The zero-order chi connectivity index (χ0) is 13.8. The molecule has 1 aromatic heterocycles. The fraction of sp³-hybridized carbons (Fsp3) is 0.375. The summed E-state index contributed by atoms with van der Waals surface area (Å²) in [6, 6.07) is 8.15. The van der Waals surface area contributed by atoms with Crippen LogP contribution < -0.4 is 5.32 Å². The second kappa shape index (κ2) is 6.23. The third-order valence-corrected chi connectivity index (χ3v) is 4.03. The predicted octanol–water partition coefficient (Wildman–Crippen LogP) is 4.23. The van der Waals surface area contributed by atoms with Gasteiger partial charge in [0.1, 0.15) is 12.1 Å². The standard InChI is InChI=1S/C16H18ClN3/c17-10-12-5-4-6-13(9-12)20-16-14-7-2-1-3-8-15(14)18-11-19-16/h4-6,9,11H,1-3,7-8,10H2,(H,18,19,20). The van der Waals surface area contributed by atoms with Gasteiger partial charge < -0.3 is 5.32 Å². The Bertz CT molecular complexity index is 598. The second-order valence-electron chi connectivity index (χ2n) is 5.17. The van der Waals surface area contributed by atoms with Crippen molar-refractivity contribution in [2.24, 2.45) is 0 Å². The highest BCUT2D eigenvalue weighted by Gasteiger charge is 2.14. The number of nitrogens with zero attached hydrogens (tertiary/aromatic N) is 2. The van der Waals surface area contributed by atoms with E-state index in [-0.39, 0.29) is 0 Å². The first-order valence-corrected chi connectivity index (χ1v) is 7.65. The maximum absolute atomic E-state index is 5.89. The van der Waals surface area contributed by atoms with Crippen LogP contribution >= 0.6 is 11.6 Å². The molecule has 0 aliphatic heterocycles. The molecule has 0 unspecified atom stereocenters. The van der Waals surface area contributed by atoms with Crippen molar-refractivity contribution in [3.05, 3.63) is 47.4 Å². The van der Waals surface area contributed by atoms with Crippen molar-refractivity contribution in [2.45, 2.75) is 38.0 Å². The van der Waals surface area contributed by atoms with Gasteiger partial charge in [-0.2, -0.15) is 0 Å². The highest BCUT2D eigenvalue weighted by molar-refractivity contribution is 6.17. The molecule has 0 spiro atoms. The summed E-state index contributed by atoms with van der Waals surface area (Å²) in [4.78, 5) is 8.87. The Labute approximate surface area is 124 Å². The summed E-state index contributed by atoms with van der Waals surface area (Å²) in [5, 5.41) is 3.42. The van der Waals surface area contributed by atoms with Gasteiger partial charge in [0, 0.05) is 22.8 Å². The Kier molecular flexibility index (Phi) is 4.16. The van der Waals surface area contributed by atoms with Crippen LogP contribution in [-0.4, -0.2) is 9.97 Å². The van der Waals surface area contributed by atoms with Crippen molar-refractivity contribution < 1.29 is 0 Å². The van der Waals surface area contributed by atoms with Crippen molar-refractivity contribution in [3.63, 3.8) is 0 Å². The van der Waals surface area contributed by atoms with Crippen molar-refractivity contribution in [2.75, 3.05) is 5.32 Å². The van der Waals surface area contributed by atoms with Crippen LogP contribution in [0.3, 0.4) is 0 Å². The number of benzene rings is 1. The molecule has 0 atom stereocenters. The van der Waals surface area contributed by atoms with Gasteiger partial charge in [0.05, 0.1) is 0 Å². The molecule has 0 bridgehead atoms. The minimum Gasteiger partial charge on any atom is -0.340 e. The molecule has 1 aliphatic rings. The van der Waals surface area contributed by atoms with Gasteiger partial charge >= 0.3 is 0 Å².